The lowest BCUT2D eigenvalue weighted by molar-refractivity contribution is 0.839. The monoisotopic (exact) mass is 480 g/mol. The van der Waals surface area contributed by atoms with Crippen molar-refractivity contribution >= 4 is 0 Å². The lowest BCUT2D eigenvalue weighted by Gasteiger charge is -2.34. The van der Waals surface area contributed by atoms with E-state index in [4.69, 9.17) is 0 Å². The van der Waals surface area contributed by atoms with Crippen molar-refractivity contribution in [2.75, 3.05) is 0 Å². The first-order valence-corrected chi connectivity index (χ1v) is 14.8. The zero-order valence-electron chi connectivity index (χ0n) is 24.5. The molecule has 0 bridgehead atoms. The van der Waals surface area contributed by atoms with E-state index < -0.39 is 0 Å². The molecule has 0 aliphatic heterocycles. The minimum Gasteiger partial charge on any atom is -0.103 e. The van der Waals surface area contributed by atoms with Gasteiger partial charge in [0.25, 0.3) is 0 Å². The van der Waals surface area contributed by atoms with E-state index in [-0.39, 0.29) is 0 Å². The third-order valence-electron chi connectivity index (χ3n) is 8.33. The van der Waals surface area contributed by atoms with Crippen molar-refractivity contribution in [3.05, 3.63) is 66.8 Å². The first kappa shape index (κ1) is 28.1. The first-order chi connectivity index (χ1) is 17.6. The maximum atomic E-state index is 3.51. The van der Waals surface area contributed by atoms with Crippen LogP contribution in [0.4, 0.5) is 0 Å². The Labute approximate surface area is 222 Å². The average Bonchev–Trinajstić information content (AvgIpc) is 2.90. The highest BCUT2D eigenvalue weighted by molar-refractivity contribution is 5.64. The summed E-state index contributed by atoms with van der Waals surface area (Å²) in [4.78, 5) is 0. The second-order valence-corrected chi connectivity index (χ2v) is 9.99. The smallest absolute Gasteiger partial charge is 0.0346 e. The van der Waals surface area contributed by atoms with E-state index in [9.17, 15) is 0 Å². The summed E-state index contributed by atoms with van der Waals surface area (Å²) in [5.41, 5.74) is 19.3. The molecule has 0 amide bonds. The van der Waals surface area contributed by atoms with Gasteiger partial charge in [-0.1, -0.05) is 67.2 Å². The molecule has 2 aromatic carbocycles. The van der Waals surface area contributed by atoms with Crippen LogP contribution in [-0.4, -0.2) is 0 Å². The highest BCUT2D eigenvalue weighted by atomic mass is 14.3. The number of benzene rings is 2. The van der Waals surface area contributed by atoms with Crippen LogP contribution >= 0.6 is 0 Å². The molecule has 1 aliphatic carbocycles. The molecule has 1 aliphatic rings. The van der Waals surface area contributed by atoms with E-state index in [0.717, 1.165) is 77.0 Å². The summed E-state index contributed by atoms with van der Waals surface area (Å²) in [5, 5.41) is 0. The average molecular weight is 481 g/mol. The highest BCUT2D eigenvalue weighted by Gasteiger charge is 2.30. The molecule has 192 valence electrons. The van der Waals surface area contributed by atoms with Crippen LogP contribution in [0.3, 0.4) is 0 Å². The third-order valence-corrected chi connectivity index (χ3v) is 8.33. The van der Waals surface area contributed by atoms with Gasteiger partial charge in [0, 0.05) is 25.7 Å². The van der Waals surface area contributed by atoms with Gasteiger partial charge in [-0.15, -0.1) is 11.8 Å². The largest absolute Gasteiger partial charge is 0.103 e. The van der Waals surface area contributed by atoms with Gasteiger partial charge in [0.05, 0.1) is 0 Å². The second-order valence-electron chi connectivity index (χ2n) is 9.99. The summed E-state index contributed by atoms with van der Waals surface area (Å²) < 4.78 is 0. The minimum atomic E-state index is 0.864. The number of hydrogen-bond acceptors (Lipinski definition) is 0. The van der Waals surface area contributed by atoms with Crippen LogP contribution in [0.25, 0.3) is 0 Å². The zero-order valence-corrected chi connectivity index (χ0v) is 24.5. The van der Waals surface area contributed by atoms with Gasteiger partial charge in [-0.05, 0) is 118 Å². The Morgan fingerprint density at radius 3 is 0.889 bits per heavy atom. The molecule has 0 saturated heterocycles. The Balaban J connectivity index is 2.38. The fourth-order valence-corrected chi connectivity index (χ4v) is 6.93. The first-order valence-electron chi connectivity index (χ1n) is 14.8. The van der Waals surface area contributed by atoms with E-state index in [1.54, 1.807) is 55.6 Å². The van der Waals surface area contributed by atoms with Crippen LogP contribution in [0.5, 0.6) is 0 Å². The van der Waals surface area contributed by atoms with Crippen LogP contribution in [0.15, 0.2) is 0 Å². The van der Waals surface area contributed by atoms with Gasteiger partial charge in [-0.3, -0.25) is 0 Å². The van der Waals surface area contributed by atoms with Gasteiger partial charge in [0.2, 0.25) is 0 Å². The molecule has 0 unspecified atom stereocenters. The number of rotatable bonds is 8. The van der Waals surface area contributed by atoms with Crippen molar-refractivity contribution in [1.29, 1.82) is 0 Å². The SMILES string of the molecule is CCC#CCc1c(CC)c2c(c(CC)c1CC#CCC)Cc1c(CC)c(CC)c(CC)c(CC)c1C2. The van der Waals surface area contributed by atoms with Crippen molar-refractivity contribution in [1.82, 2.24) is 0 Å². The molecule has 0 N–H and O–H groups in total. The Hall–Kier alpha value is -2.44. The lowest BCUT2D eigenvalue weighted by atomic mass is 9.71. The van der Waals surface area contributed by atoms with Crippen molar-refractivity contribution in [3.63, 3.8) is 0 Å². The number of fused-ring (bicyclic) bond motifs is 2. The molecule has 36 heavy (non-hydrogen) atoms. The Morgan fingerprint density at radius 1 is 0.361 bits per heavy atom. The molecule has 0 atom stereocenters. The molecule has 0 heterocycles. The molecule has 0 saturated carbocycles. The molecule has 0 radical (unpaired) electrons. The second kappa shape index (κ2) is 13.2. The van der Waals surface area contributed by atoms with Gasteiger partial charge in [-0.2, -0.15) is 0 Å². The van der Waals surface area contributed by atoms with E-state index in [1.165, 1.54) is 11.1 Å². The quantitative estimate of drug-likeness (QED) is 0.284. The van der Waals surface area contributed by atoms with E-state index in [0.29, 0.717) is 0 Å². The Morgan fingerprint density at radius 2 is 0.639 bits per heavy atom. The van der Waals surface area contributed by atoms with E-state index in [2.05, 4.69) is 79.1 Å². The number of hydrogen-bond donors (Lipinski definition) is 0. The van der Waals surface area contributed by atoms with Gasteiger partial charge in [0.15, 0.2) is 0 Å². The van der Waals surface area contributed by atoms with Crippen molar-refractivity contribution < 1.29 is 0 Å². The van der Waals surface area contributed by atoms with Crippen molar-refractivity contribution in [2.45, 2.75) is 132 Å². The topological polar surface area (TPSA) is 0 Å². The summed E-state index contributed by atoms with van der Waals surface area (Å²) in [5.74, 6) is 13.7. The summed E-state index contributed by atoms with van der Waals surface area (Å²) in [6.45, 7) is 18.5. The summed E-state index contributed by atoms with van der Waals surface area (Å²) in [7, 11) is 0. The molecular weight excluding hydrogens is 432 g/mol. The van der Waals surface area contributed by atoms with Crippen LogP contribution in [0.1, 0.15) is 135 Å². The molecular formula is C36H48. The lowest BCUT2D eigenvalue weighted by Crippen LogP contribution is -2.22. The molecule has 0 nitrogen and oxygen atoms in total. The summed E-state index contributed by atoms with van der Waals surface area (Å²) >= 11 is 0. The molecule has 3 rings (SSSR count). The fraction of sp³-hybridized carbons (Fsp3) is 0.556. The van der Waals surface area contributed by atoms with Gasteiger partial charge < -0.3 is 0 Å². The van der Waals surface area contributed by atoms with Crippen LogP contribution in [-0.2, 0) is 64.2 Å². The molecule has 0 aromatic heterocycles. The van der Waals surface area contributed by atoms with Gasteiger partial charge in [0.1, 0.15) is 0 Å². The van der Waals surface area contributed by atoms with Crippen molar-refractivity contribution in [2.24, 2.45) is 0 Å². The van der Waals surface area contributed by atoms with Crippen LogP contribution in [0, 0.1) is 23.7 Å². The predicted octanol–water partition coefficient (Wildman–Crippen LogP) is 8.47. The standard InChI is InChI=1S/C36H48/c1-9-17-19-21-31-29(15-7)35-23-33-27(13-5)25(11-3)26(12-4)28(14-6)34(33)24-36(35)30(16-8)32(31)22-20-18-10-2/h9-16,21-24H2,1-8H3. The maximum Gasteiger partial charge on any atom is 0.0346 e. The maximum absolute atomic E-state index is 3.51. The van der Waals surface area contributed by atoms with Crippen molar-refractivity contribution in [3.8, 4) is 23.7 Å². The van der Waals surface area contributed by atoms with Crippen LogP contribution in [0.2, 0.25) is 0 Å². The highest BCUT2D eigenvalue weighted by Crippen LogP contribution is 2.42. The molecule has 0 fully saturated rings. The van der Waals surface area contributed by atoms with Crippen LogP contribution < -0.4 is 0 Å². The predicted molar refractivity (Wildman–Crippen MR) is 158 cm³/mol. The summed E-state index contributed by atoms with van der Waals surface area (Å²) in [6.07, 6.45) is 12.5. The normalized spacial score (nSPS) is 11.8. The van der Waals surface area contributed by atoms with Gasteiger partial charge in [-0.25, -0.2) is 0 Å². The van der Waals surface area contributed by atoms with E-state index in [1.807, 2.05) is 0 Å². The minimum absolute atomic E-state index is 0.864. The zero-order chi connectivity index (χ0) is 26.2. The fourth-order valence-electron chi connectivity index (χ4n) is 6.93. The van der Waals surface area contributed by atoms with Gasteiger partial charge >= 0.3 is 0 Å². The summed E-state index contributed by atoms with van der Waals surface area (Å²) in [6, 6.07) is 0. The molecule has 0 heteroatoms. The molecule has 0 spiro atoms. The molecule has 2 aromatic rings. The third kappa shape index (κ3) is 5.16. The van der Waals surface area contributed by atoms with E-state index >= 15 is 0 Å². The Bertz CT molecular complexity index is 1120. The Kier molecular flexibility index (Phi) is 10.3.